The van der Waals surface area contributed by atoms with E-state index in [0.717, 1.165) is 0 Å². The highest BCUT2D eigenvalue weighted by Crippen LogP contribution is 2.25. The molecule has 7 heteroatoms. The van der Waals surface area contributed by atoms with Crippen molar-refractivity contribution in [2.24, 2.45) is 0 Å². The SMILES string of the molecule is CCN(CC)C(=O)NC(=O)Nc1ccc(Cl)cc1Cl. The number of imide groups is 1. The Kier molecular flexibility index (Phi) is 5.92. The number of halogens is 2. The van der Waals surface area contributed by atoms with Crippen molar-refractivity contribution in [3.05, 3.63) is 28.2 Å². The molecule has 1 aromatic carbocycles. The number of hydrogen-bond donors (Lipinski definition) is 2. The molecule has 0 aliphatic heterocycles. The first kappa shape index (κ1) is 15.6. The van der Waals surface area contributed by atoms with Crippen molar-refractivity contribution in [1.29, 1.82) is 0 Å². The Morgan fingerprint density at radius 1 is 1.21 bits per heavy atom. The van der Waals surface area contributed by atoms with Gasteiger partial charge in [-0.05, 0) is 32.0 Å². The van der Waals surface area contributed by atoms with Gasteiger partial charge in [0.2, 0.25) is 0 Å². The average molecular weight is 304 g/mol. The lowest BCUT2D eigenvalue weighted by Crippen LogP contribution is -2.44. The Bertz CT molecular complexity index is 476. The van der Waals surface area contributed by atoms with Crippen molar-refractivity contribution >= 4 is 41.0 Å². The van der Waals surface area contributed by atoms with Gasteiger partial charge in [0.1, 0.15) is 0 Å². The molecular formula is C12H15Cl2N3O2. The minimum Gasteiger partial charge on any atom is -0.325 e. The second-order valence-electron chi connectivity index (χ2n) is 3.68. The smallest absolute Gasteiger partial charge is 0.325 e. The minimum atomic E-state index is -0.638. The molecule has 1 aromatic rings. The van der Waals surface area contributed by atoms with Crippen molar-refractivity contribution in [2.45, 2.75) is 13.8 Å². The van der Waals surface area contributed by atoms with Gasteiger partial charge in [-0.3, -0.25) is 5.32 Å². The maximum Gasteiger partial charge on any atom is 0.327 e. The van der Waals surface area contributed by atoms with E-state index in [0.29, 0.717) is 28.8 Å². The van der Waals surface area contributed by atoms with Gasteiger partial charge in [-0.2, -0.15) is 0 Å². The fraction of sp³-hybridized carbons (Fsp3) is 0.333. The zero-order valence-electron chi connectivity index (χ0n) is 10.7. The van der Waals surface area contributed by atoms with Crippen LogP contribution in [0.3, 0.4) is 0 Å². The van der Waals surface area contributed by atoms with Gasteiger partial charge < -0.3 is 10.2 Å². The van der Waals surface area contributed by atoms with E-state index in [9.17, 15) is 9.59 Å². The van der Waals surface area contributed by atoms with Gasteiger partial charge in [0, 0.05) is 18.1 Å². The van der Waals surface area contributed by atoms with Crippen molar-refractivity contribution in [3.8, 4) is 0 Å². The second kappa shape index (κ2) is 7.21. The Hall–Kier alpha value is -1.46. The highest BCUT2D eigenvalue weighted by molar-refractivity contribution is 6.36. The summed E-state index contributed by atoms with van der Waals surface area (Å²) in [5, 5.41) is 5.47. The summed E-state index contributed by atoms with van der Waals surface area (Å²) in [6, 6.07) is 3.57. The lowest BCUT2D eigenvalue weighted by molar-refractivity contribution is 0.202. The van der Waals surface area contributed by atoms with Crippen molar-refractivity contribution in [3.63, 3.8) is 0 Å². The molecule has 4 amide bonds. The third-order valence-electron chi connectivity index (χ3n) is 2.45. The zero-order chi connectivity index (χ0) is 14.4. The summed E-state index contributed by atoms with van der Waals surface area (Å²) in [6.45, 7) is 4.71. The topological polar surface area (TPSA) is 61.4 Å². The van der Waals surface area contributed by atoms with Crippen LogP contribution in [0.15, 0.2) is 18.2 Å². The molecule has 0 unspecified atom stereocenters. The molecule has 0 fully saturated rings. The lowest BCUT2D eigenvalue weighted by Gasteiger charge is -2.18. The van der Waals surface area contributed by atoms with Crippen LogP contribution in [0.4, 0.5) is 15.3 Å². The quantitative estimate of drug-likeness (QED) is 0.896. The predicted octanol–water partition coefficient (Wildman–Crippen LogP) is 3.58. The van der Waals surface area contributed by atoms with Gasteiger partial charge in [0.05, 0.1) is 10.7 Å². The number of amides is 4. The number of carbonyl (C=O) groups is 2. The number of urea groups is 2. The number of rotatable bonds is 3. The first-order valence-electron chi connectivity index (χ1n) is 5.79. The number of nitrogens with one attached hydrogen (secondary N) is 2. The van der Waals surface area contributed by atoms with E-state index in [2.05, 4.69) is 10.6 Å². The van der Waals surface area contributed by atoms with Crippen LogP contribution in [0.25, 0.3) is 0 Å². The standard InChI is InChI=1S/C12H15Cl2N3O2/c1-3-17(4-2)12(19)16-11(18)15-10-6-5-8(13)7-9(10)14/h5-7H,3-4H2,1-2H3,(H2,15,16,18,19). The van der Waals surface area contributed by atoms with Gasteiger partial charge in [-0.25, -0.2) is 9.59 Å². The fourth-order valence-electron chi connectivity index (χ4n) is 1.43. The first-order valence-corrected chi connectivity index (χ1v) is 6.55. The van der Waals surface area contributed by atoms with Gasteiger partial charge >= 0.3 is 12.1 Å². The first-order chi connectivity index (χ1) is 8.97. The maximum atomic E-state index is 11.6. The molecular weight excluding hydrogens is 289 g/mol. The number of anilines is 1. The molecule has 5 nitrogen and oxygen atoms in total. The van der Waals surface area contributed by atoms with E-state index in [4.69, 9.17) is 23.2 Å². The molecule has 0 heterocycles. The summed E-state index contributed by atoms with van der Waals surface area (Å²) >= 11 is 11.6. The summed E-state index contributed by atoms with van der Waals surface area (Å²) < 4.78 is 0. The molecule has 0 aromatic heterocycles. The zero-order valence-corrected chi connectivity index (χ0v) is 12.2. The van der Waals surface area contributed by atoms with Gasteiger partial charge in [0.15, 0.2) is 0 Å². The van der Waals surface area contributed by atoms with E-state index in [1.807, 2.05) is 13.8 Å². The summed E-state index contributed by atoms with van der Waals surface area (Å²) in [7, 11) is 0. The van der Waals surface area contributed by atoms with Crippen molar-refractivity contribution in [2.75, 3.05) is 18.4 Å². The number of nitrogens with zero attached hydrogens (tertiary/aromatic N) is 1. The van der Waals surface area contributed by atoms with Crippen LogP contribution in [0, 0.1) is 0 Å². The van der Waals surface area contributed by atoms with Crippen LogP contribution in [0.5, 0.6) is 0 Å². The summed E-state index contributed by atoms with van der Waals surface area (Å²) in [4.78, 5) is 24.8. The molecule has 0 atom stereocenters. The third kappa shape index (κ3) is 4.61. The molecule has 104 valence electrons. The molecule has 0 saturated carbocycles. The second-order valence-corrected chi connectivity index (χ2v) is 4.52. The average Bonchev–Trinajstić information content (AvgIpc) is 2.34. The van der Waals surface area contributed by atoms with Gasteiger partial charge in [-0.15, -0.1) is 0 Å². The largest absolute Gasteiger partial charge is 0.327 e. The normalized spacial score (nSPS) is 9.89. The maximum absolute atomic E-state index is 11.6. The fourth-order valence-corrected chi connectivity index (χ4v) is 1.89. The third-order valence-corrected chi connectivity index (χ3v) is 3.00. The highest BCUT2D eigenvalue weighted by atomic mass is 35.5. The molecule has 0 aliphatic carbocycles. The Morgan fingerprint density at radius 2 is 1.84 bits per heavy atom. The Labute approximate surface area is 121 Å². The number of hydrogen-bond acceptors (Lipinski definition) is 2. The number of carbonyl (C=O) groups excluding carboxylic acids is 2. The van der Waals surface area contributed by atoms with E-state index >= 15 is 0 Å². The molecule has 1 rings (SSSR count). The summed E-state index contributed by atoms with van der Waals surface area (Å²) in [6.07, 6.45) is 0. The molecule has 0 saturated heterocycles. The van der Waals surface area contributed by atoms with E-state index in [-0.39, 0.29) is 0 Å². The molecule has 2 N–H and O–H groups in total. The van der Waals surface area contributed by atoms with Crippen LogP contribution in [-0.4, -0.2) is 30.1 Å². The van der Waals surface area contributed by atoms with E-state index in [1.165, 1.54) is 11.0 Å². The van der Waals surface area contributed by atoms with Crippen LogP contribution in [0.2, 0.25) is 10.0 Å². The molecule has 0 radical (unpaired) electrons. The number of benzene rings is 1. The van der Waals surface area contributed by atoms with Crippen molar-refractivity contribution < 1.29 is 9.59 Å². The van der Waals surface area contributed by atoms with Crippen molar-refractivity contribution in [1.82, 2.24) is 10.2 Å². The van der Waals surface area contributed by atoms with E-state index < -0.39 is 12.1 Å². The summed E-state index contributed by atoms with van der Waals surface area (Å²) in [5.41, 5.74) is 0.385. The lowest BCUT2D eigenvalue weighted by atomic mass is 10.3. The van der Waals surface area contributed by atoms with Crippen LogP contribution in [-0.2, 0) is 0 Å². The monoisotopic (exact) mass is 303 g/mol. The molecule has 0 bridgehead atoms. The highest BCUT2D eigenvalue weighted by Gasteiger charge is 2.13. The van der Waals surface area contributed by atoms with E-state index in [1.54, 1.807) is 12.1 Å². The summed E-state index contributed by atoms with van der Waals surface area (Å²) in [5.74, 6) is 0. The molecule has 0 aliphatic rings. The Morgan fingerprint density at radius 3 is 2.37 bits per heavy atom. The molecule has 0 spiro atoms. The van der Waals surface area contributed by atoms with Crippen LogP contribution in [0.1, 0.15) is 13.8 Å². The Balaban J connectivity index is 2.63. The van der Waals surface area contributed by atoms with Gasteiger partial charge in [0.25, 0.3) is 0 Å². The predicted molar refractivity (Wildman–Crippen MR) is 76.9 cm³/mol. The molecule has 19 heavy (non-hydrogen) atoms. The van der Waals surface area contributed by atoms with Crippen LogP contribution < -0.4 is 10.6 Å². The van der Waals surface area contributed by atoms with Gasteiger partial charge in [-0.1, -0.05) is 23.2 Å². The minimum absolute atomic E-state index is 0.304. The van der Waals surface area contributed by atoms with Crippen LogP contribution >= 0.6 is 23.2 Å².